The van der Waals surface area contributed by atoms with Gasteiger partial charge < -0.3 is 19.5 Å². The van der Waals surface area contributed by atoms with Crippen LogP contribution in [-0.4, -0.2) is 53.8 Å². The lowest BCUT2D eigenvalue weighted by molar-refractivity contribution is 0.0520. The molecule has 2 heterocycles. The summed E-state index contributed by atoms with van der Waals surface area (Å²) in [6.45, 7) is 2.33. The van der Waals surface area contributed by atoms with Crippen LogP contribution in [0.2, 0.25) is 5.02 Å². The molecule has 226 valence electrons. The number of carbonyl (C=O) groups excluding carboxylic acids is 3. The van der Waals surface area contributed by atoms with Crippen molar-refractivity contribution in [3.63, 3.8) is 0 Å². The summed E-state index contributed by atoms with van der Waals surface area (Å²) in [5.41, 5.74) is 5.46. The Labute approximate surface area is 263 Å². The summed E-state index contributed by atoms with van der Waals surface area (Å²) < 4.78 is 16.4. The summed E-state index contributed by atoms with van der Waals surface area (Å²) in [5, 5.41) is 5.62. The number of halogens is 1. The first-order chi connectivity index (χ1) is 21.4. The average molecular weight is 632 g/mol. The Hall–Kier alpha value is -4.41. The molecule has 1 aliphatic heterocycles. The lowest BCUT2D eigenvalue weighted by Crippen LogP contribution is -2.39. The monoisotopic (exact) mass is 631 g/mol. The van der Waals surface area contributed by atoms with E-state index < -0.39 is 30.2 Å². The molecule has 4 aromatic rings. The van der Waals surface area contributed by atoms with E-state index >= 15 is 0 Å². The van der Waals surface area contributed by atoms with E-state index in [1.165, 1.54) is 16.2 Å². The van der Waals surface area contributed by atoms with Crippen molar-refractivity contribution in [3.05, 3.63) is 111 Å². The van der Waals surface area contributed by atoms with Gasteiger partial charge in [-0.2, -0.15) is 0 Å². The van der Waals surface area contributed by atoms with E-state index in [9.17, 15) is 14.4 Å². The van der Waals surface area contributed by atoms with Crippen LogP contribution in [0.3, 0.4) is 0 Å². The zero-order chi connectivity index (χ0) is 30.6. The Morgan fingerprint density at radius 2 is 1.70 bits per heavy atom. The molecule has 1 aromatic heterocycles. The Balaban J connectivity index is 1.13. The molecule has 2 aliphatic rings. The number of amides is 2. The summed E-state index contributed by atoms with van der Waals surface area (Å²) in [6, 6.07) is 22.4. The fourth-order valence-electron chi connectivity index (χ4n) is 5.78. The van der Waals surface area contributed by atoms with Crippen LogP contribution >= 0.6 is 22.9 Å². The molecule has 2 amide bonds. The van der Waals surface area contributed by atoms with Gasteiger partial charge in [0.1, 0.15) is 18.2 Å². The van der Waals surface area contributed by atoms with Gasteiger partial charge in [0, 0.05) is 22.9 Å². The fraction of sp³-hybridized carbons (Fsp3) is 0.273. The molecule has 6 rings (SSSR count). The number of ether oxygens (including phenoxy) is 3. The number of rotatable bonds is 8. The highest BCUT2D eigenvalue weighted by Crippen LogP contribution is 2.44. The molecule has 0 saturated carbocycles. The van der Waals surface area contributed by atoms with Crippen molar-refractivity contribution in [1.29, 1.82) is 0 Å². The van der Waals surface area contributed by atoms with Gasteiger partial charge in [-0.25, -0.2) is 19.4 Å². The Kier molecular flexibility index (Phi) is 8.81. The smallest absolute Gasteiger partial charge is 0.410 e. The molecule has 44 heavy (non-hydrogen) atoms. The molecule has 2 atom stereocenters. The van der Waals surface area contributed by atoms with E-state index in [0.29, 0.717) is 16.5 Å². The van der Waals surface area contributed by atoms with Gasteiger partial charge in [0.2, 0.25) is 0 Å². The summed E-state index contributed by atoms with van der Waals surface area (Å²) in [4.78, 5) is 44.6. The lowest BCUT2D eigenvalue weighted by Gasteiger charge is -2.22. The molecule has 0 radical (unpaired) electrons. The van der Waals surface area contributed by atoms with Crippen LogP contribution in [0.25, 0.3) is 11.1 Å². The SMILES string of the molecule is CCOC(=O)c1csc([C@@H]2C[C@@H](NC(=O)OCC3c4ccccc4-c4ccccc43)CN2C(=O)OCc2cccc(Cl)c2)n1. The van der Waals surface area contributed by atoms with Gasteiger partial charge in [0.05, 0.1) is 18.7 Å². The lowest BCUT2D eigenvalue weighted by atomic mass is 9.98. The second kappa shape index (κ2) is 13.1. The highest BCUT2D eigenvalue weighted by Gasteiger charge is 2.40. The van der Waals surface area contributed by atoms with Gasteiger partial charge in [-0.05, 0) is 53.3 Å². The summed E-state index contributed by atoms with van der Waals surface area (Å²) >= 11 is 7.33. The number of likely N-dealkylation sites (tertiary alicyclic amines) is 1. The molecule has 0 unspecified atom stereocenters. The first kappa shape index (κ1) is 29.7. The zero-order valence-electron chi connectivity index (χ0n) is 23.9. The summed E-state index contributed by atoms with van der Waals surface area (Å²) in [7, 11) is 0. The summed E-state index contributed by atoms with van der Waals surface area (Å²) in [5.74, 6) is -0.601. The van der Waals surface area contributed by atoms with Gasteiger partial charge in [-0.3, -0.25) is 4.90 Å². The first-order valence-electron chi connectivity index (χ1n) is 14.3. The Morgan fingerprint density at radius 1 is 0.977 bits per heavy atom. The fourth-order valence-corrected chi connectivity index (χ4v) is 6.90. The molecule has 1 saturated heterocycles. The molecule has 1 N–H and O–H groups in total. The quantitative estimate of drug-likeness (QED) is 0.165. The maximum absolute atomic E-state index is 13.3. The highest BCUT2D eigenvalue weighted by atomic mass is 35.5. The molecule has 0 bridgehead atoms. The number of esters is 1. The molecule has 11 heteroatoms. The zero-order valence-corrected chi connectivity index (χ0v) is 25.5. The van der Waals surface area contributed by atoms with Crippen LogP contribution in [-0.2, 0) is 20.8 Å². The van der Waals surface area contributed by atoms with Crippen molar-refractivity contribution in [3.8, 4) is 11.1 Å². The number of thiazole rings is 1. The predicted octanol–water partition coefficient (Wildman–Crippen LogP) is 6.96. The van der Waals surface area contributed by atoms with Gasteiger partial charge in [0.25, 0.3) is 0 Å². The van der Waals surface area contributed by atoms with Crippen molar-refractivity contribution in [2.24, 2.45) is 0 Å². The Morgan fingerprint density at radius 3 is 2.41 bits per heavy atom. The van der Waals surface area contributed by atoms with Crippen molar-refractivity contribution in [1.82, 2.24) is 15.2 Å². The van der Waals surface area contributed by atoms with Crippen LogP contribution in [0.15, 0.2) is 78.2 Å². The van der Waals surface area contributed by atoms with Crippen molar-refractivity contribution >= 4 is 41.1 Å². The third-order valence-electron chi connectivity index (χ3n) is 7.74. The number of nitrogens with one attached hydrogen (secondary N) is 1. The molecular formula is C33H30ClN3O6S. The standard InChI is InChI=1S/C33H30ClN3O6S/c1-2-41-31(38)28-19-44-30(36-28)29-15-22(16-37(29)33(40)43-17-20-8-7-9-21(34)14-20)35-32(39)42-18-27-25-12-5-3-10-23(25)24-11-4-6-13-26(24)27/h3-14,19,22,27,29H,2,15-18H2,1H3,(H,35,39)/t22-,29+/m1/s1. The van der Waals surface area contributed by atoms with Crippen LogP contribution < -0.4 is 5.32 Å². The molecule has 9 nitrogen and oxygen atoms in total. The first-order valence-corrected chi connectivity index (χ1v) is 15.6. The topological polar surface area (TPSA) is 107 Å². The van der Waals surface area contributed by atoms with Crippen LogP contribution in [0, 0.1) is 0 Å². The minimum absolute atomic E-state index is 0.0268. The number of carbonyl (C=O) groups is 3. The second-order valence-electron chi connectivity index (χ2n) is 10.5. The van der Waals surface area contributed by atoms with Gasteiger partial charge in [-0.1, -0.05) is 72.3 Å². The van der Waals surface area contributed by atoms with Crippen molar-refractivity contribution in [2.75, 3.05) is 19.8 Å². The van der Waals surface area contributed by atoms with Crippen molar-refractivity contribution < 1.29 is 28.6 Å². The minimum Gasteiger partial charge on any atom is -0.461 e. The van der Waals surface area contributed by atoms with Crippen LogP contribution in [0.1, 0.15) is 57.5 Å². The largest absolute Gasteiger partial charge is 0.461 e. The summed E-state index contributed by atoms with van der Waals surface area (Å²) in [6.07, 6.45) is -0.775. The van der Waals surface area contributed by atoms with E-state index in [2.05, 4.69) is 34.6 Å². The van der Waals surface area contributed by atoms with E-state index in [-0.39, 0.29) is 38.0 Å². The number of alkyl carbamates (subject to hydrolysis) is 1. The molecule has 1 aliphatic carbocycles. The van der Waals surface area contributed by atoms with Gasteiger partial charge in [0.15, 0.2) is 5.69 Å². The van der Waals surface area contributed by atoms with E-state index in [1.807, 2.05) is 30.3 Å². The number of benzene rings is 3. The molecule has 1 fully saturated rings. The number of aromatic nitrogens is 1. The maximum Gasteiger partial charge on any atom is 0.410 e. The Bertz CT molecular complexity index is 1650. The van der Waals surface area contributed by atoms with Crippen molar-refractivity contribution in [2.45, 2.75) is 38.0 Å². The second-order valence-corrected chi connectivity index (χ2v) is 11.9. The molecule has 3 aromatic carbocycles. The number of hydrogen-bond donors (Lipinski definition) is 1. The van der Waals surface area contributed by atoms with E-state index in [1.54, 1.807) is 30.5 Å². The highest BCUT2D eigenvalue weighted by molar-refractivity contribution is 7.09. The molecule has 0 spiro atoms. The van der Waals surface area contributed by atoms with E-state index in [4.69, 9.17) is 25.8 Å². The number of hydrogen-bond acceptors (Lipinski definition) is 8. The number of fused-ring (bicyclic) bond motifs is 3. The predicted molar refractivity (Wildman–Crippen MR) is 166 cm³/mol. The average Bonchev–Trinajstić information content (AvgIpc) is 3.75. The third kappa shape index (κ3) is 6.27. The minimum atomic E-state index is -0.573. The molecular weight excluding hydrogens is 602 g/mol. The van der Waals surface area contributed by atoms with Gasteiger partial charge in [-0.15, -0.1) is 11.3 Å². The normalized spacial score (nSPS) is 17.1. The third-order valence-corrected chi connectivity index (χ3v) is 8.93. The number of nitrogens with zero attached hydrogens (tertiary/aromatic N) is 2. The van der Waals surface area contributed by atoms with Crippen LogP contribution in [0.4, 0.5) is 9.59 Å². The maximum atomic E-state index is 13.3. The van der Waals surface area contributed by atoms with Gasteiger partial charge >= 0.3 is 18.2 Å². The van der Waals surface area contributed by atoms with Crippen LogP contribution in [0.5, 0.6) is 0 Å². The van der Waals surface area contributed by atoms with E-state index in [0.717, 1.165) is 27.8 Å².